The van der Waals surface area contributed by atoms with E-state index in [1.807, 2.05) is 0 Å². The summed E-state index contributed by atoms with van der Waals surface area (Å²) in [5, 5.41) is 0. The summed E-state index contributed by atoms with van der Waals surface area (Å²) in [7, 11) is -7.07. The molecule has 118 valence electrons. The van der Waals surface area contributed by atoms with Gasteiger partial charge in [-0.1, -0.05) is 0 Å². The fourth-order valence-electron chi connectivity index (χ4n) is 2.09. The highest BCUT2D eigenvalue weighted by molar-refractivity contribution is 7.89. The van der Waals surface area contributed by atoms with Gasteiger partial charge in [-0.25, -0.2) is 16.8 Å². The molecule has 0 aliphatic carbocycles. The molecule has 21 heavy (non-hydrogen) atoms. The third kappa shape index (κ3) is 3.32. The first-order valence-corrected chi connectivity index (χ1v) is 9.41. The minimum Gasteiger partial charge on any atom is -0.323 e. The van der Waals surface area contributed by atoms with Crippen LogP contribution in [0.4, 0.5) is 5.69 Å². The average Bonchev–Trinajstić information content (AvgIpc) is 2.46. The Morgan fingerprint density at radius 1 is 1.14 bits per heavy atom. The van der Waals surface area contributed by atoms with Crippen LogP contribution in [0.1, 0.15) is 0 Å². The van der Waals surface area contributed by atoms with E-state index < -0.39 is 20.0 Å². The van der Waals surface area contributed by atoms with Crippen LogP contribution >= 0.6 is 0 Å². The molecule has 11 heteroatoms. The molecule has 2 heterocycles. The predicted octanol–water partition coefficient (Wildman–Crippen LogP) is -1.37. The molecule has 0 spiro atoms. The first kappa shape index (κ1) is 16.1. The zero-order chi connectivity index (χ0) is 15.7. The number of nitrogens with two attached hydrogens (primary N) is 1. The van der Waals surface area contributed by atoms with Gasteiger partial charge in [0, 0.05) is 38.6 Å². The van der Waals surface area contributed by atoms with Gasteiger partial charge in [-0.3, -0.25) is 10.8 Å². The number of hydrazine groups is 1. The molecule has 3 N–H and O–H groups in total. The van der Waals surface area contributed by atoms with Crippen LogP contribution in [0.25, 0.3) is 0 Å². The Hall–Kier alpha value is -1.27. The van der Waals surface area contributed by atoms with Gasteiger partial charge in [-0.2, -0.15) is 8.61 Å². The number of rotatable bonds is 4. The number of nitrogens with zero attached hydrogens (tertiary/aromatic N) is 3. The Morgan fingerprint density at radius 3 is 2.24 bits per heavy atom. The molecule has 0 amide bonds. The molecule has 1 saturated heterocycles. The Labute approximate surface area is 123 Å². The van der Waals surface area contributed by atoms with Crippen molar-refractivity contribution in [3.05, 3.63) is 18.5 Å². The highest BCUT2D eigenvalue weighted by Crippen LogP contribution is 2.23. The minimum atomic E-state index is -3.77. The van der Waals surface area contributed by atoms with Crippen molar-refractivity contribution >= 4 is 25.7 Å². The molecule has 1 aliphatic rings. The van der Waals surface area contributed by atoms with Crippen LogP contribution in [0.2, 0.25) is 0 Å². The van der Waals surface area contributed by atoms with Gasteiger partial charge in [0.25, 0.3) is 0 Å². The SMILES string of the molecule is CS(=O)(=O)N1CCN(S(=O)(=O)c2cnccc2NN)CC1. The lowest BCUT2D eigenvalue weighted by Gasteiger charge is -2.32. The topological polar surface area (TPSA) is 126 Å². The van der Waals surface area contributed by atoms with Gasteiger partial charge in [0.15, 0.2) is 0 Å². The van der Waals surface area contributed by atoms with Crippen LogP contribution in [-0.4, -0.2) is 62.9 Å². The number of nitrogens with one attached hydrogen (secondary N) is 1. The monoisotopic (exact) mass is 335 g/mol. The van der Waals surface area contributed by atoms with Crippen LogP contribution in [0.5, 0.6) is 0 Å². The lowest BCUT2D eigenvalue weighted by atomic mass is 10.4. The van der Waals surface area contributed by atoms with Crippen LogP contribution in [0.15, 0.2) is 23.4 Å². The van der Waals surface area contributed by atoms with E-state index >= 15 is 0 Å². The van der Waals surface area contributed by atoms with Crippen molar-refractivity contribution in [3.63, 3.8) is 0 Å². The van der Waals surface area contributed by atoms with Gasteiger partial charge in [-0.05, 0) is 6.07 Å². The van der Waals surface area contributed by atoms with E-state index in [0.29, 0.717) is 0 Å². The van der Waals surface area contributed by atoms with Gasteiger partial charge >= 0.3 is 0 Å². The maximum Gasteiger partial charge on any atom is 0.246 e. The molecule has 1 fully saturated rings. The molecular formula is C10H17N5O4S2. The summed E-state index contributed by atoms with van der Waals surface area (Å²) < 4.78 is 50.4. The molecule has 0 atom stereocenters. The second kappa shape index (κ2) is 5.85. The number of hydrogen-bond donors (Lipinski definition) is 2. The van der Waals surface area contributed by atoms with E-state index in [2.05, 4.69) is 10.4 Å². The van der Waals surface area contributed by atoms with Crippen molar-refractivity contribution in [1.29, 1.82) is 0 Å². The van der Waals surface area contributed by atoms with Crippen molar-refractivity contribution in [1.82, 2.24) is 13.6 Å². The number of sulfonamides is 2. The van der Waals surface area contributed by atoms with E-state index in [0.717, 1.165) is 6.26 Å². The van der Waals surface area contributed by atoms with Crippen LogP contribution in [-0.2, 0) is 20.0 Å². The summed E-state index contributed by atoms with van der Waals surface area (Å²) in [6.07, 6.45) is 3.75. The molecule has 2 rings (SSSR count). The Kier molecular flexibility index (Phi) is 4.49. The Balaban J connectivity index is 2.23. The van der Waals surface area contributed by atoms with Crippen LogP contribution in [0.3, 0.4) is 0 Å². The molecule has 0 saturated carbocycles. The van der Waals surface area contributed by atoms with Crippen molar-refractivity contribution in [2.45, 2.75) is 4.90 Å². The summed E-state index contributed by atoms with van der Waals surface area (Å²) in [6, 6.07) is 1.46. The zero-order valence-electron chi connectivity index (χ0n) is 11.4. The van der Waals surface area contributed by atoms with E-state index in [1.165, 1.54) is 27.1 Å². The molecule has 1 aromatic rings. The number of hydrogen-bond acceptors (Lipinski definition) is 7. The third-order valence-electron chi connectivity index (χ3n) is 3.22. The first-order chi connectivity index (χ1) is 9.76. The quantitative estimate of drug-likeness (QED) is 0.514. The molecule has 0 aromatic carbocycles. The van der Waals surface area contributed by atoms with Crippen molar-refractivity contribution in [2.24, 2.45) is 5.84 Å². The summed E-state index contributed by atoms with van der Waals surface area (Å²) >= 11 is 0. The standard InChI is InChI=1S/C10H17N5O4S2/c1-20(16,17)14-4-6-15(7-5-14)21(18,19)10-8-12-3-2-9(10)13-11/h2-3,8H,4-7,11H2,1H3,(H,12,13). The molecule has 0 unspecified atom stereocenters. The molecule has 0 radical (unpaired) electrons. The summed E-state index contributed by atoms with van der Waals surface area (Å²) in [4.78, 5) is 3.77. The lowest BCUT2D eigenvalue weighted by molar-refractivity contribution is 0.274. The fraction of sp³-hybridized carbons (Fsp3) is 0.500. The van der Waals surface area contributed by atoms with E-state index in [1.54, 1.807) is 0 Å². The van der Waals surface area contributed by atoms with Gasteiger partial charge in [0.2, 0.25) is 20.0 Å². The normalized spacial score (nSPS) is 18.6. The smallest absolute Gasteiger partial charge is 0.246 e. The fourth-order valence-corrected chi connectivity index (χ4v) is 4.43. The number of nitrogen functional groups attached to an aromatic ring is 1. The Bertz CT molecular complexity index is 711. The number of aromatic nitrogens is 1. The average molecular weight is 335 g/mol. The van der Waals surface area contributed by atoms with Gasteiger partial charge in [0.05, 0.1) is 11.9 Å². The molecule has 1 aliphatic heterocycles. The second-order valence-corrected chi connectivity index (χ2v) is 8.47. The molecular weight excluding hydrogens is 318 g/mol. The van der Waals surface area contributed by atoms with Gasteiger partial charge in [0.1, 0.15) is 4.90 Å². The number of pyridine rings is 1. The van der Waals surface area contributed by atoms with Crippen LogP contribution in [0, 0.1) is 0 Å². The lowest BCUT2D eigenvalue weighted by Crippen LogP contribution is -2.50. The third-order valence-corrected chi connectivity index (χ3v) is 6.45. The molecule has 9 nitrogen and oxygen atoms in total. The van der Waals surface area contributed by atoms with E-state index in [9.17, 15) is 16.8 Å². The number of piperazine rings is 1. The van der Waals surface area contributed by atoms with E-state index in [-0.39, 0.29) is 36.8 Å². The molecule has 1 aromatic heterocycles. The second-order valence-electron chi connectivity index (χ2n) is 4.58. The van der Waals surface area contributed by atoms with Crippen molar-refractivity contribution in [3.8, 4) is 0 Å². The maximum atomic E-state index is 12.5. The Morgan fingerprint density at radius 2 is 1.71 bits per heavy atom. The maximum absolute atomic E-state index is 12.5. The summed E-state index contributed by atoms with van der Waals surface area (Å²) in [5.41, 5.74) is 2.57. The van der Waals surface area contributed by atoms with Gasteiger partial charge in [-0.15, -0.1) is 0 Å². The highest BCUT2D eigenvalue weighted by Gasteiger charge is 2.32. The predicted molar refractivity (Wildman–Crippen MR) is 77.2 cm³/mol. The molecule has 0 bridgehead atoms. The minimum absolute atomic E-state index is 0.0275. The zero-order valence-corrected chi connectivity index (χ0v) is 13.1. The highest BCUT2D eigenvalue weighted by atomic mass is 32.2. The van der Waals surface area contributed by atoms with Gasteiger partial charge < -0.3 is 5.43 Å². The number of anilines is 1. The first-order valence-electron chi connectivity index (χ1n) is 6.12. The van der Waals surface area contributed by atoms with Crippen LogP contribution < -0.4 is 11.3 Å². The van der Waals surface area contributed by atoms with E-state index in [4.69, 9.17) is 5.84 Å². The van der Waals surface area contributed by atoms with Crippen molar-refractivity contribution in [2.75, 3.05) is 37.9 Å². The van der Waals surface area contributed by atoms with Crippen molar-refractivity contribution < 1.29 is 16.8 Å². The summed E-state index contributed by atoms with van der Waals surface area (Å²) in [5.74, 6) is 5.31. The summed E-state index contributed by atoms with van der Waals surface area (Å²) in [6.45, 7) is 0.441. The largest absolute Gasteiger partial charge is 0.323 e.